The number of aromatic nitrogens is 1. The number of carbonyl (C=O) groups is 1. The number of fused-ring (bicyclic) bond motifs is 1. The second-order valence-electron chi connectivity index (χ2n) is 7.30. The average molecular weight is 428 g/mol. The summed E-state index contributed by atoms with van der Waals surface area (Å²) >= 11 is 0. The maximum Gasteiger partial charge on any atom is 0.337 e. The molecule has 1 fully saturated rings. The number of methoxy groups -OCH3 is 1. The minimum absolute atomic E-state index is 0.0591. The molecule has 1 aromatic heterocycles. The number of rotatable bonds is 4. The SMILES string of the molecule is COC(=O)c1ccc2c(C)cc(-c3ccc(S(=O)(=O)N4CCCC4)cc3F)nc2c1. The van der Waals surface area contributed by atoms with E-state index in [1.807, 2.05) is 6.92 Å². The van der Waals surface area contributed by atoms with Crippen LogP contribution < -0.4 is 0 Å². The third-order valence-electron chi connectivity index (χ3n) is 5.36. The molecule has 0 unspecified atom stereocenters. The van der Waals surface area contributed by atoms with Crippen molar-refractivity contribution in [3.63, 3.8) is 0 Å². The molecule has 6 nitrogen and oxygen atoms in total. The lowest BCUT2D eigenvalue weighted by molar-refractivity contribution is 0.0601. The van der Waals surface area contributed by atoms with Crippen LogP contribution in [-0.2, 0) is 14.8 Å². The lowest BCUT2D eigenvalue weighted by atomic mass is 10.0. The molecule has 2 heterocycles. The van der Waals surface area contributed by atoms with Gasteiger partial charge in [-0.1, -0.05) is 6.07 Å². The largest absolute Gasteiger partial charge is 0.465 e. The third-order valence-corrected chi connectivity index (χ3v) is 7.25. The Balaban J connectivity index is 1.77. The second-order valence-corrected chi connectivity index (χ2v) is 9.24. The van der Waals surface area contributed by atoms with Crippen molar-refractivity contribution in [3.8, 4) is 11.3 Å². The topological polar surface area (TPSA) is 76.6 Å². The highest BCUT2D eigenvalue weighted by Crippen LogP contribution is 2.30. The zero-order chi connectivity index (χ0) is 21.5. The van der Waals surface area contributed by atoms with Gasteiger partial charge in [0.05, 0.1) is 28.8 Å². The molecular weight excluding hydrogens is 407 g/mol. The number of benzene rings is 2. The Morgan fingerprint density at radius 3 is 2.50 bits per heavy atom. The molecule has 3 aromatic rings. The van der Waals surface area contributed by atoms with Crippen LogP contribution in [0.5, 0.6) is 0 Å². The Kier molecular flexibility index (Phi) is 5.29. The summed E-state index contributed by atoms with van der Waals surface area (Å²) in [5.74, 6) is -1.14. The maximum absolute atomic E-state index is 14.9. The van der Waals surface area contributed by atoms with E-state index in [-0.39, 0.29) is 10.5 Å². The van der Waals surface area contributed by atoms with Crippen molar-refractivity contribution in [1.29, 1.82) is 0 Å². The molecule has 1 saturated heterocycles. The van der Waals surface area contributed by atoms with E-state index >= 15 is 0 Å². The number of hydrogen-bond donors (Lipinski definition) is 0. The van der Waals surface area contributed by atoms with Gasteiger partial charge in [-0.2, -0.15) is 4.31 Å². The van der Waals surface area contributed by atoms with E-state index in [2.05, 4.69) is 4.98 Å². The highest BCUT2D eigenvalue weighted by atomic mass is 32.2. The summed E-state index contributed by atoms with van der Waals surface area (Å²) in [6.07, 6.45) is 1.63. The maximum atomic E-state index is 14.9. The van der Waals surface area contributed by atoms with Gasteiger partial charge >= 0.3 is 5.97 Å². The van der Waals surface area contributed by atoms with E-state index in [1.165, 1.54) is 23.5 Å². The van der Waals surface area contributed by atoms with Crippen molar-refractivity contribution in [3.05, 3.63) is 59.4 Å². The van der Waals surface area contributed by atoms with Crippen molar-refractivity contribution in [2.24, 2.45) is 0 Å². The first-order valence-corrected chi connectivity index (χ1v) is 11.0. The van der Waals surface area contributed by atoms with Crippen LogP contribution in [0.2, 0.25) is 0 Å². The molecule has 2 aromatic carbocycles. The minimum Gasteiger partial charge on any atom is -0.465 e. The summed E-state index contributed by atoms with van der Waals surface area (Å²) in [6.45, 7) is 2.79. The van der Waals surface area contributed by atoms with Crippen LogP contribution in [0, 0.1) is 12.7 Å². The minimum atomic E-state index is -3.70. The van der Waals surface area contributed by atoms with Crippen LogP contribution in [0.4, 0.5) is 4.39 Å². The molecule has 1 aliphatic heterocycles. The van der Waals surface area contributed by atoms with Crippen LogP contribution in [0.1, 0.15) is 28.8 Å². The van der Waals surface area contributed by atoms with Gasteiger partial charge in [-0.05, 0) is 61.7 Å². The Labute approximate surface area is 174 Å². The van der Waals surface area contributed by atoms with Crippen molar-refractivity contribution >= 4 is 26.9 Å². The number of carbonyl (C=O) groups excluding carboxylic acids is 1. The predicted octanol–water partition coefficient (Wildman–Crippen LogP) is 3.92. The lowest BCUT2D eigenvalue weighted by Crippen LogP contribution is -2.27. The van der Waals surface area contributed by atoms with E-state index < -0.39 is 21.8 Å². The molecule has 0 atom stereocenters. The van der Waals surface area contributed by atoms with Crippen LogP contribution in [0.15, 0.2) is 47.4 Å². The van der Waals surface area contributed by atoms with E-state index in [0.29, 0.717) is 29.9 Å². The van der Waals surface area contributed by atoms with Crippen LogP contribution in [-0.4, -0.2) is 43.9 Å². The summed E-state index contributed by atoms with van der Waals surface area (Å²) in [5.41, 5.74) is 2.30. The Morgan fingerprint density at radius 1 is 1.10 bits per heavy atom. The zero-order valence-electron chi connectivity index (χ0n) is 16.7. The lowest BCUT2D eigenvalue weighted by Gasteiger charge is -2.16. The van der Waals surface area contributed by atoms with Gasteiger partial charge in [0, 0.05) is 24.0 Å². The number of halogens is 1. The molecule has 156 valence electrons. The number of pyridine rings is 1. The summed E-state index contributed by atoms with van der Waals surface area (Å²) in [5, 5.41) is 0.833. The van der Waals surface area contributed by atoms with Gasteiger partial charge in [-0.25, -0.2) is 22.6 Å². The fourth-order valence-corrected chi connectivity index (χ4v) is 5.26. The molecule has 1 aliphatic rings. The van der Waals surface area contributed by atoms with E-state index in [9.17, 15) is 17.6 Å². The first-order valence-electron chi connectivity index (χ1n) is 9.61. The number of aryl methyl sites for hydroxylation is 1. The second kappa shape index (κ2) is 7.77. The Bertz CT molecular complexity index is 1250. The molecule has 8 heteroatoms. The highest BCUT2D eigenvalue weighted by Gasteiger charge is 2.28. The molecule has 0 spiro atoms. The average Bonchev–Trinajstić information content (AvgIpc) is 3.28. The van der Waals surface area contributed by atoms with Gasteiger partial charge in [0.15, 0.2) is 0 Å². The molecule has 0 amide bonds. The van der Waals surface area contributed by atoms with E-state index in [1.54, 1.807) is 24.3 Å². The molecule has 0 N–H and O–H groups in total. The summed E-state index contributed by atoms with van der Waals surface area (Å²) in [6, 6.07) is 10.7. The number of nitrogens with zero attached hydrogens (tertiary/aromatic N) is 2. The molecule has 0 bridgehead atoms. The summed E-state index contributed by atoms with van der Waals surface area (Å²) in [7, 11) is -2.40. The van der Waals surface area contributed by atoms with Crippen molar-refractivity contribution in [1.82, 2.24) is 9.29 Å². The monoisotopic (exact) mass is 428 g/mol. The Hall–Kier alpha value is -2.84. The molecule has 0 saturated carbocycles. The standard InChI is InChI=1S/C22H21FN2O4S/c1-14-11-20(24-21-12-15(22(26)29-2)5-7-17(14)21)18-8-6-16(13-19(18)23)30(27,28)25-9-3-4-10-25/h5-8,11-13H,3-4,9-10H2,1-2H3. The molecule has 0 aliphatic carbocycles. The first kappa shape index (κ1) is 20.4. The zero-order valence-corrected chi connectivity index (χ0v) is 17.5. The first-order chi connectivity index (χ1) is 14.3. The van der Waals surface area contributed by atoms with Gasteiger partial charge in [0.25, 0.3) is 0 Å². The number of hydrogen-bond acceptors (Lipinski definition) is 5. The quantitative estimate of drug-likeness (QED) is 0.589. The highest BCUT2D eigenvalue weighted by molar-refractivity contribution is 7.89. The van der Waals surface area contributed by atoms with Crippen LogP contribution in [0.25, 0.3) is 22.2 Å². The van der Waals surface area contributed by atoms with Crippen molar-refractivity contribution in [2.45, 2.75) is 24.7 Å². The van der Waals surface area contributed by atoms with Gasteiger partial charge in [-0.3, -0.25) is 0 Å². The molecular formula is C22H21FN2O4S. The smallest absolute Gasteiger partial charge is 0.337 e. The van der Waals surface area contributed by atoms with Gasteiger partial charge < -0.3 is 4.74 Å². The predicted molar refractivity (Wildman–Crippen MR) is 111 cm³/mol. The Morgan fingerprint density at radius 2 is 1.83 bits per heavy atom. The van der Waals surface area contributed by atoms with Crippen molar-refractivity contribution in [2.75, 3.05) is 20.2 Å². The van der Waals surface area contributed by atoms with Gasteiger partial charge in [0.1, 0.15) is 5.82 Å². The fourth-order valence-electron chi connectivity index (χ4n) is 3.73. The summed E-state index contributed by atoms with van der Waals surface area (Å²) < 4.78 is 46.5. The number of ether oxygens (including phenoxy) is 1. The van der Waals surface area contributed by atoms with Crippen LogP contribution in [0.3, 0.4) is 0 Å². The summed E-state index contributed by atoms with van der Waals surface area (Å²) in [4.78, 5) is 16.3. The van der Waals surface area contributed by atoms with E-state index in [0.717, 1.165) is 29.9 Å². The number of sulfonamides is 1. The fraction of sp³-hybridized carbons (Fsp3) is 0.273. The molecule has 0 radical (unpaired) electrons. The van der Waals surface area contributed by atoms with Gasteiger partial charge in [-0.15, -0.1) is 0 Å². The van der Waals surface area contributed by atoms with E-state index in [4.69, 9.17) is 4.74 Å². The van der Waals surface area contributed by atoms with Crippen molar-refractivity contribution < 1.29 is 22.3 Å². The normalized spacial score (nSPS) is 14.9. The number of esters is 1. The van der Waals surface area contributed by atoms with Crippen LogP contribution >= 0.6 is 0 Å². The molecule has 4 rings (SSSR count). The molecule has 30 heavy (non-hydrogen) atoms. The third kappa shape index (κ3) is 3.57. The van der Waals surface area contributed by atoms with Gasteiger partial charge in [0.2, 0.25) is 10.0 Å².